The van der Waals surface area contributed by atoms with Gasteiger partial charge in [0.25, 0.3) is 5.91 Å². The van der Waals surface area contributed by atoms with Crippen LogP contribution in [0.25, 0.3) is 0 Å². The van der Waals surface area contributed by atoms with E-state index in [1.165, 1.54) is 23.3 Å². The smallest absolute Gasteiger partial charge is 0.352 e. The first-order valence-electron chi connectivity index (χ1n) is 10.2. The third-order valence-electron chi connectivity index (χ3n) is 6.10. The zero-order valence-electron chi connectivity index (χ0n) is 16.2. The van der Waals surface area contributed by atoms with Crippen molar-refractivity contribution in [2.24, 2.45) is 5.92 Å². The van der Waals surface area contributed by atoms with Crippen molar-refractivity contribution in [2.45, 2.75) is 37.9 Å². The average Bonchev–Trinajstić information content (AvgIpc) is 3.16. The van der Waals surface area contributed by atoms with Crippen molar-refractivity contribution in [2.75, 3.05) is 19.6 Å². The number of nitrogens with zero attached hydrogens (tertiary/aromatic N) is 1. The molecule has 0 spiro atoms. The van der Waals surface area contributed by atoms with Gasteiger partial charge in [-0.15, -0.1) is 0 Å². The summed E-state index contributed by atoms with van der Waals surface area (Å²) in [6.07, 6.45) is -0.200. The van der Waals surface area contributed by atoms with Gasteiger partial charge < -0.3 is 5.32 Å². The number of fused-ring (bicyclic) bond motifs is 1. The molecular weight excluding hydrogens is 377 g/mol. The minimum Gasteiger partial charge on any atom is -0.352 e. The number of carbonyl (C=O) groups excluding carboxylic acids is 1. The molecule has 3 nitrogen and oxygen atoms in total. The molecule has 1 saturated heterocycles. The summed E-state index contributed by atoms with van der Waals surface area (Å²) in [5, 5.41) is 2.84. The van der Waals surface area contributed by atoms with Gasteiger partial charge in [-0.2, -0.15) is 13.2 Å². The molecule has 0 radical (unpaired) electrons. The van der Waals surface area contributed by atoms with Crippen LogP contribution >= 0.6 is 0 Å². The third kappa shape index (κ3) is 4.64. The Balaban J connectivity index is 1.32. The second-order valence-corrected chi connectivity index (χ2v) is 8.12. The zero-order chi connectivity index (χ0) is 20.4. The van der Waals surface area contributed by atoms with Crippen LogP contribution in [0, 0.1) is 5.92 Å². The Kier molecular flexibility index (Phi) is 5.63. The Morgan fingerprint density at radius 2 is 1.79 bits per heavy atom. The predicted octanol–water partition coefficient (Wildman–Crippen LogP) is 4.31. The standard InChI is InChI=1S/C23H25F3N2O/c24-23(25,26)20-9-3-8-19(11-20)22(29)27-14-16-5-4-10-28(15-16)21-12-17-6-1-2-7-18(17)13-21/h1-3,6-9,11,16,21H,4-5,10,12-15H2,(H,27,29)/t16-/m0/s1. The lowest BCUT2D eigenvalue weighted by atomic mass is 9.95. The minimum atomic E-state index is -4.45. The molecule has 1 heterocycles. The summed E-state index contributed by atoms with van der Waals surface area (Å²) in [5.74, 6) is -0.122. The van der Waals surface area contributed by atoms with E-state index in [1.54, 1.807) is 0 Å². The second-order valence-electron chi connectivity index (χ2n) is 8.12. The second kappa shape index (κ2) is 8.19. The lowest BCUT2D eigenvalue weighted by Gasteiger charge is -2.37. The molecule has 2 aliphatic rings. The Morgan fingerprint density at radius 3 is 2.48 bits per heavy atom. The lowest BCUT2D eigenvalue weighted by Crippen LogP contribution is -2.46. The first-order valence-corrected chi connectivity index (χ1v) is 10.2. The van der Waals surface area contributed by atoms with Gasteiger partial charge >= 0.3 is 6.18 Å². The number of benzene rings is 2. The number of carbonyl (C=O) groups is 1. The fourth-order valence-electron chi connectivity index (χ4n) is 4.57. The largest absolute Gasteiger partial charge is 0.416 e. The number of halogens is 3. The summed E-state index contributed by atoms with van der Waals surface area (Å²) in [7, 11) is 0. The molecule has 1 atom stereocenters. The molecule has 1 aliphatic heterocycles. The van der Waals surface area contributed by atoms with Gasteiger partial charge in [0.1, 0.15) is 0 Å². The van der Waals surface area contributed by atoms with Crippen LogP contribution in [0.1, 0.15) is 39.9 Å². The molecule has 6 heteroatoms. The summed E-state index contributed by atoms with van der Waals surface area (Å²) >= 11 is 0. The van der Waals surface area contributed by atoms with E-state index in [9.17, 15) is 18.0 Å². The van der Waals surface area contributed by atoms with E-state index in [4.69, 9.17) is 0 Å². The molecule has 0 saturated carbocycles. The van der Waals surface area contributed by atoms with Crippen molar-refractivity contribution < 1.29 is 18.0 Å². The monoisotopic (exact) mass is 402 g/mol. The molecule has 0 aromatic heterocycles. The molecule has 0 bridgehead atoms. The number of alkyl halides is 3. The summed E-state index contributed by atoms with van der Waals surface area (Å²) < 4.78 is 38.6. The molecular formula is C23H25F3N2O. The average molecular weight is 402 g/mol. The molecule has 29 heavy (non-hydrogen) atoms. The van der Waals surface area contributed by atoms with Crippen molar-refractivity contribution in [1.82, 2.24) is 10.2 Å². The van der Waals surface area contributed by atoms with Crippen LogP contribution in [0.4, 0.5) is 13.2 Å². The fraction of sp³-hybridized carbons (Fsp3) is 0.435. The van der Waals surface area contributed by atoms with E-state index in [1.807, 2.05) is 0 Å². The highest BCUT2D eigenvalue weighted by molar-refractivity contribution is 5.94. The quantitative estimate of drug-likeness (QED) is 0.826. The van der Waals surface area contributed by atoms with Crippen LogP contribution in [-0.2, 0) is 19.0 Å². The van der Waals surface area contributed by atoms with E-state index >= 15 is 0 Å². The summed E-state index contributed by atoms with van der Waals surface area (Å²) in [5.41, 5.74) is 2.11. The Bertz CT molecular complexity index is 855. The highest BCUT2D eigenvalue weighted by Gasteiger charge is 2.32. The molecule has 1 aliphatic carbocycles. The Hall–Kier alpha value is -2.34. The van der Waals surface area contributed by atoms with Gasteiger partial charge in [0.2, 0.25) is 0 Å². The molecule has 4 rings (SSSR count). The molecule has 0 unspecified atom stereocenters. The van der Waals surface area contributed by atoms with Crippen LogP contribution in [-0.4, -0.2) is 36.5 Å². The zero-order valence-corrected chi connectivity index (χ0v) is 16.2. The Labute approximate surface area is 168 Å². The number of nitrogens with one attached hydrogen (secondary N) is 1. The van der Waals surface area contributed by atoms with Crippen LogP contribution < -0.4 is 5.32 Å². The molecule has 2 aromatic rings. The van der Waals surface area contributed by atoms with Gasteiger partial charge in [-0.05, 0) is 67.5 Å². The number of amides is 1. The fourth-order valence-corrected chi connectivity index (χ4v) is 4.57. The van der Waals surface area contributed by atoms with Gasteiger partial charge in [0, 0.05) is 24.7 Å². The number of rotatable bonds is 4. The van der Waals surface area contributed by atoms with Gasteiger partial charge in [-0.1, -0.05) is 30.3 Å². The number of likely N-dealkylation sites (tertiary alicyclic amines) is 1. The van der Waals surface area contributed by atoms with Gasteiger partial charge in [0.15, 0.2) is 0 Å². The van der Waals surface area contributed by atoms with Crippen molar-refractivity contribution >= 4 is 5.91 Å². The first-order chi connectivity index (χ1) is 13.9. The van der Waals surface area contributed by atoms with Crippen molar-refractivity contribution in [1.29, 1.82) is 0 Å². The van der Waals surface area contributed by atoms with Gasteiger partial charge in [-0.3, -0.25) is 9.69 Å². The Morgan fingerprint density at radius 1 is 1.07 bits per heavy atom. The third-order valence-corrected chi connectivity index (χ3v) is 6.10. The predicted molar refractivity (Wildman–Crippen MR) is 106 cm³/mol. The maximum absolute atomic E-state index is 12.9. The minimum absolute atomic E-state index is 0.0544. The van der Waals surface area contributed by atoms with Crippen LogP contribution in [0.2, 0.25) is 0 Å². The number of hydrogen-bond acceptors (Lipinski definition) is 2. The molecule has 1 fully saturated rings. The summed E-state index contributed by atoms with van der Waals surface area (Å²) in [6.45, 7) is 2.48. The lowest BCUT2D eigenvalue weighted by molar-refractivity contribution is -0.137. The SMILES string of the molecule is O=C(NC[C@@H]1CCCN(C2Cc3ccccc3C2)C1)c1cccc(C(F)(F)F)c1. The van der Waals surface area contributed by atoms with E-state index in [0.29, 0.717) is 18.5 Å². The van der Waals surface area contributed by atoms with Crippen LogP contribution in [0.15, 0.2) is 48.5 Å². The first kappa shape index (κ1) is 20.0. The van der Waals surface area contributed by atoms with Crippen molar-refractivity contribution in [3.05, 3.63) is 70.8 Å². The normalized spacial score (nSPS) is 20.4. The maximum atomic E-state index is 12.9. The molecule has 1 amide bonds. The van der Waals surface area contributed by atoms with E-state index in [-0.39, 0.29) is 5.56 Å². The van der Waals surface area contributed by atoms with Gasteiger partial charge in [0.05, 0.1) is 5.56 Å². The molecule has 154 valence electrons. The molecule has 1 N–H and O–H groups in total. The van der Waals surface area contributed by atoms with Crippen molar-refractivity contribution in [3.63, 3.8) is 0 Å². The van der Waals surface area contributed by atoms with Crippen molar-refractivity contribution in [3.8, 4) is 0 Å². The summed E-state index contributed by atoms with van der Waals surface area (Å²) in [6, 6.07) is 13.7. The topological polar surface area (TPSA) is 32.3 Å². The number of hydrogen-bond donors (Lipinski definition) is 1. The maximum Gasteiger partial charge on any atom is 0.416 e. The van der Waals surface area contributed by atoms with E-state index in [2.05, 4.69) is 34.5 Å². The highest BCUT2D eigenvalue weighted by atomic mass is 19.4. The highest BCUT2D eigenvalue weighted by Crippen LogP contribution is 2.30. The van der Waals surface area contributed by atoms with E-state index in [0.717, 1.165) is 50.9 Å². The molecule has 2 aromatic carbocycles. The van der Waals surface area contributed by atoms with Crippen LogP contribution in [0.5, 0.6) is 0 Å². The van der Waals surface area contributed by atoms with Crippen LogP contribution in [0.3, 0.4) is 0 Å². The summed E-state index contributed by atoms with van der Waals surface area (Å²) in [4.78, 5) is 14.9. The van der Waals surface area contributed by atoms with E-state index < -0.39 is 17.6 Å². The number of piperidine rings is 1. The van der Waals surface area contributed by atoms with Gasteiger partial charge in [-0.25, -0.2) is 0 Å².